The lowest BCUT2D eigenvalue weighted by atomic mass is 9.62. The lowest BCUT2D eigenvalue weighted by molar-refractivity contribution is -0.132. The van der Waals surface area contributed by atoms with E-state index in [1.165, 1.54) is 4.90 Å². The Kier molecular flexibility index (Phi) is 2.66. The predicted molar refractivity (Wildman–Crippen MR) is 82.0 cm³/mol. The number of fused-ring (bicyclic) bond motifs is 5. The van der Waals surface area contributed by atoms with Crippen LogP contribution in [0.5, 0.6) is 0 Å². The molecule has 4 rings (SSSR count). The molecule has 108 valence electrons. The van der Waals surface area contributed by atoms with Crippen LogP contribution in [0.1, 0.15) is 12.5 Å². The Morgan fingerprint density at radius 3 is 2.86 bits per heavy atom. The number of benzene rings is 1. The van der Waals surface area contributed by atoms with Gasteiger partial charge in [0.25, 0.3) is 0 Å². The van der Waals surface area contributed by atoms with Crippen molar-refractivity contribution in [2.24, 2.45) is 17.3 Å². The summed E-state index contributed by atoms with van der Waals surface area (Å²) in [6, 6.07) is 8.16. The van der Waals surface area contributed by atoms with Gasteiger partial charge in [-0.3, -0.25) is 4.79 Å². The third kappa shape index (κ3) is 1.57. The van der Waals surface area contributed by atoms with Gasteiger partial charge in [0, 0.05) is 22.5 Å². The Morgan fingerprint density at radius 1 is 1.29 bits per heavy atom. The van der Waals surface area contributed by atoms with E-state index in [1.807, 2.05) is 18.2 Å². The smallest absolute Gasteiger partial charge is 0.206 e. The van der Waals surface area contributed by atoms with Crippen LogP contribution < -0.4 is 0 Å². The first-order chi connectivity index (χ1) is 10.0. The minimum atomic E-state index is -0.926. The molecule has 4 heteroatoms. The Balaban J connectivity index is 1.89. The fraction of sp³-hybridized carbons (Fsp3) is 0.353. The van der Waals surface area contributed by atoms with Gasteiger partial charge in [-0.2, -0.15) is 0 Å². The normalized spacial score (nSPS) is 37.2. The van der Waals surface area contributed by atoms with E-state index in [1.54, 1.807) is 24.8 Å². The molecule has 1 aromatic rings. The SMILES string of the molecule is C[C@@]12C(=O)C(O)=C[C@@H]1[C@@H]1CSc3ccccc3C1=C[C@@H]2O. The molecule has 1 heterocycles. The first-order valence-corrected chi connectivity index (χ1v) is 8.09. The first kappa shape index (κ1) is 13.2. The maximum Gasteiger partial charge on any atom is 0.206 e. The van der Waals surface area contributed by atoms with Gasteiger partial charge >= 0.3 is 0 Å². The third-order valence-electron chi connectivity index (χ3n) is 5.15. The van der Waals surface area contributed by atoms with Crippen molar-refractivity contribution in [2.45, 2.75) is 17.9 Å². The standard InChI is InChI=1S/C17H16O3S/c1-17-12(7-13(18)16(17)20)11-8-21-14-5-3-2-4-9(14)10(11)6-15(17)19/h2-7,11-12,15,18-19H,8H2,1H3/t11-,12-,15+,17-/m1/s1. The molecule has 0 amide bonds. The minimum absolute atomic E-state index is 0.138. The molecule has 0 saturated heterocycles. The summed E-state index contributed by atoms with van der Waals surface area (Å²) in [5.74, 6) is 0.361. The average Bonchev–Trinajstić information content (AvgIpc) is 2.73. The topological polar surface area (TPSA) is 57.5 Å². The second-order valence-corrected chi connectivity index (χ2v) is 7.23. The highest BCUT2D eigenvalue weighted by Crippen LogP contribution is 2.56. The summed E-state index contributed by atoms with van der Waals surface area (Å²) in [6.07, 6.45) is 2.61. The number of aliphatic hydroxyl groups is 2. The molecule has 0 radical (unpaired) electrons. The highest BCUT2D eigenvalue weighted by atomic mass is 32.2. The van der Waals surface area contributed by atoms with Crippen molar-refractivity contribution in [2.75, 3.05) is 5.75 Å². The molecule has 0 fully saturated rings. The Labute approximate surface area is 127 Å². The van der Waals surface area contributed by atoms with E-state index in [-0.39, 0.29) is 23.4 Å². The molecular formula is C17H16O3S. The first-order valence-electron chi connectivity index (χ1n) is 7.11. The summed E-state index contributed by atoms with van der Waals surface area (Å²) >= 11 is 1.78. The number of Topliss-reactive ketones (excluding diaryl/α,β-unsaturated/α-hetero) is 1. The quantitative estimate of drug-likeness (QED) is 0.773. The number of allylic oxidation sites excluding steroid dienone is 3. The maximum absolute atomic E-state index is 12.3. The number of carbonyl (C=O) groups is 1. The van der Waals surface area contributed by atoms with Crippen LogP contribution in [0.4, 0.5) is 0 Å². The van der Waals surface area contributed by atoms with Gasteiger partial charge in [0.05, 0.1) is 11.5 Å². The number of thioether (sulfide) groups is 1. The van der Waals surface area contributed by atoms with Crippen LogP contribution >= 0.6 is 11.8 Å². The van der Waals surface area contributed by atoms with Crippen molar-refractivity contribution < 1.29 is 15.0 Å². The van der Waals surface area contributed by atoms with Crippen LogP contribution in [-0.2, 0) is 4.79 Å². The summed E-state index contributed by atoms with van der Waals surface area (Å²) in [5.41, 5.74) is 1.33. The Hall–Kier alpha value is -1.52. The number of rotatable bonds is 0. The van der Waals surface area contributed by atoms with Crippen LogP contribution in [-0.4, -0.2) is 27.9 Å². The molecule has 0 unspecified atom stereocenters. The van der Waals surface area contributed by atoms with Crippen molar-refractivity contribution in [3.8, 4) is 0 Å². The molecular weight excluding hydrogens is 284 g/mol. The van der Waals surface area contributed by atoms with Crippen LogP contribution in [0.2, 0.25) is 0 Å². The van der Waals surface area contributed by atoms with E-state index < -0.39 is 11.5 Å². The van der Waals surface area contributed by atoms with Crippen LogP contribution in [0.15, 0.2) is 47.1 Å². The summed E-state index contributed by atoms with van der Waals surface area (Å²) in [5, 5.41) is 20.4. The lowest BCUT2D eigenvalue weighted by Crippen LogP contribution is -2.48. The fourth-order valence-corrected chi connectivity index (χ4v) is 5.13. The molecule has 0 aromatic heterocycles. The predicted octanol–water partition coefficient (Wildman–Crippen LogP) is 2.81. The van der Waals surface area contributed by atoms with E-state index in [2.05, 4.69) is 12.1 Å². The van der Waals surface area contributed by atoms with Crippen molar-refractivity contribution >= 4 is 23.1 Å². The van der Waals surface area contributed by atoms with Gasteiger partial charge < -0.3 is 10.2 Å². The molecule has 2 N–H and O–H groups in total. The highest BCUT2D eigenvalue weighted by molar-refractivity contribution is 7.99. The van der Waals surface area contributed by atoms with E-state index in [0.717, 1.165) is 16.9 Å². The molecule has 3 aliphatic rings. The van der Waals surface area contributed by atoms with Gasteiger partial charge in [-0.15, -0.1) is 11.8 Å². The largest absolute Gasteiger partial charge is 0.505 e. The van der Waals surface area contributed by atoms with Crippen molar-refractivity contribution in [1.82, 2.24) is 0 Å². The molecule has 1 aliphatic heterocycles. The van der Waals surface area contributed by atoms with Gasteiger partial charge in [0.1, 0.15) is 0 Å². The average molecular weight is 300 g/mol. The zero-order valence-corrected chi connectivity index (χ0v) is 12.4. The molecule has 2 aliphatic carbocycles. The van der Waals surface area contributed by atoms with E-state index in [4.69, 9.17) is 0 Å². The molecule has 1 aromatic carbocycles. The molecule has 0 saturated carbocycles. The maximum atomic E-state index is 12.3. The molecule has 0 spiro atoms. The fourth-order valence-electron chi connectivity index (χ4n) is 3.87. The van der Waals surface area contributed by atoms with Gasteiger partial charge in [-0.25, -0.2) is 0 Å². The van der Waals surface area contributed by atoms with Gasteiger partial charge in [-0.1, -0.05) is 24.3 Å². The van der Waals surface area contributed by atoms with Crippen LogP contribution in [0, 0.1) is 17.3 Å². The zero-order chi connectivity index (χ0) is 14.8. The number of ketones is 1. The minimum Gasteiger partial charge on any atom is -0.505 e. The molecule has 0 bridgehead atoms. The van der Waals surface area contributed by atoms with Gasteiger partial charge in [-0.05, 0) is 30.2 Å². The Morgan fingerprint density at radius 2 is 2.05 bits per heavy atom. The van der Waals surface area contributed by atoms with Gasteiger partial charge in [0.15, 0.2) is 5.76 Å². The van der Waals surface area contributed by atoms with Crippen molar-refractivity contribution in [1.29, 1.82) is 0 Å². The number of aliphatic hydroxyl groups excluding tert-OH is 2. The Bertz CT molecular complexity index is 706. The second-order valence-electron chi connectivity index (χ2n) is 6.17. The third-order valence-corrected chi connectivity index (χ3v) is 6.35. The van der Waals surface area contributed by atoms with E-state index >= 15 is 0 Å². The van der Waals surface area contributed by atoms with E-state index in [9.17, 15) is 15.0 Å². The van der Waals surface area contributed by atoms with Crippen LogP contribution in [0.25, 0.3) is 5.57 Å². The highest BCUT2D eigenvalue weighted by Gasteiger charge is 2.57. The van der Waals surface area contributed by atoms with Crippen LogP contribution in [0.3, 0.4) is 0 Å². The van der Waals surface area contributed by atoms with Crippen molar-refractivity contribution in [3.05, 3.63) is 47.7 Å². The van der Waals surface area contributed by atoms with E-state index in [0.29, 0.717) is 0 Å². The zero-order valence-electron chi connectivity index (χ0n) is 11.6. The summed E-state index contributed by atoms with van der Waals surface area (Å²) in [6.45, 7) is 1.77. The summed E-state index contributed by atoms with van der Waals surface area (Å²) in [7, 11) is 0. The lowest BCUT2D eigenvalue weighted by Gasteiger charge is -2.44. The molecule has 4 atom stereocenters. The van der Waals surface area contributed by atoms with Gasteiger partial charge in [0.2, 0.25) is 5.78 Å². The monoisotopic (exact) mass is 300 g/mol. The molecule has 21 heavy (non-hydrogen) atoms. The summed E-state index contributed by atoms with van der Waals surface area (Å²) in [4.78, 5) is 13.5. The number of hydrogen-bond donors (Lipinski definition) is 2. The van der Waals surface area contributed by atoms with Crippen molar-refractivity contribution in [3.63, 3.8) is 0 Å². The summed E-state index contributed by atoms with van der Waals surface area (Å²) < 4.78 is 0. The number of hydrogen-bond acceptors (Lipinski definition) is 4. The second kappa shape index (κ2) is 4.24. The molecule has 3 nitrogen and oxygen atoms in total. The number of carbonyl (C=O) groups excluding carboxylic acids is 1.